The fourth-order valence-corrected chi connectivity index (χ4v) is 3.18. The van der Waals surface area contributed by atoms with Gasteiger partial charge in [0.1, 0.15) is 0 Å². The number of aromatic nitrogens is 4. The van der Waals surface area contributed by atoms with E-state index in [0.717, 1.165) is 40.9 Å². The molecule has 0 aliphatic rings. The zero-order chi connectivity index (χ0) is 14.0. The van der Waals surface area contributed by atoms with Crippen molar-refractivity contribution in [2.24, 2.45) is 0 Å². The lowest BCUT2D eigenvalue weighted by Crippen LogP contribution is -2.14. The Morgan fingerprint density at radius 2 is 2.16 bits per heavy atom. The van der Waals surface area contributed by atoms with Crippen molar-refractivity contribution in [3.8, 4) is 10.7 Å². The molecule has 5 nitrogen and oxygen atoms in total. The lowest BCUT2D eigenvalue weighted by molar-refractivity contribution is 0.413. The highest BCUT2D eigenvalue weighted by atomic mass is 32.1. The maximum absolute atomic E-state index is 5.23. The summed E-state index contributed by atoms with van der Waals surface area (Å²) in [6.07, 6.45) is 0.968. The van der Waals surface area contributed by atoms with Gasteiger partial charge in [0.25, 0.3) is 0 Å². The SMILES string of the molecule is CCn1c(-c2sc(CCN(C)C)nc2C)n[nH]c1=S. The largest absolute Gasteiger partial charge is 0.309 e. The molecule has 2 rings (SSSR count). The van der Waals surface area contributed by atoms with Crippen LogP contribution in [0.5, 0.6) is 0 Å². The van der Waals surface area contributed by atoms with E-state index < -0.39 is 0 Å². The van der Waals surface area contributed by atoms with Gasteiger partial charge in [-0.25, -0.2) is 4.98 Å². The van der Waals surface area contributed by atoms with Gasteiger partial charge >= 0.3 is 0 Å². The summed E-state index contributed by atoms with van der Waals surface area (Å²) in [5.41, 5.74) is 1.03. The fourth-order valence-electron chi connectivity index (χ4n) is 1.87. The van der Waals surface area contributed by atoms with Gasteiger partial charge < -0.3 is 4.90 Å². The molecule has 0 spiro atoms. The highest BCUT2D eigenvalue weighted by molar-refractivity contribution is 7.71. The zero-order valence-corrected chi connectivity index (χ0v) is 13.4. The molecule has 0 aromatic carbocycles. The Morgan fingerprint density at radius 3 is 2.79 bits per heavy atom. The van der Waals surface area contributed by atoms with E-state index in [0.29, 0.717) is 4.77 Å². The summed E-state index contributed by atoms with van der Waals surface area (Å²) in [6.45, 7) is 5.92. The van der Waals surface area contributed by atoms with Gasteiger partial charge in [0, 0.05) is 19.5 Å². The first-order valence-electron chi connectivity index (χ1n) is 6.29. The Kier molecular flexibility index (Phi) is 4.49. The molecular formula is C12H19N5S2. The third-order valence-corrected chi connectivity index (χ3v) is 4.42. The van der Waals surface area contributed by atoms with E-state index in [-0.39, 0.29) is 0 Å². The molecule has 19 heavy (non-hydrogen) atoms. The second-order valence-corrected chi connectivity index (χ2v) is 6.14. The van der Waals surface area contributed by atoms with Crippen LogP contribution in [-0.4, -0.2) is 45.3 Å². The molecule has 2 aromatic rings. The van der Waals surface area contributed by atoms with Crippen LogP contribution in [0.1, 0.15) is 17.6 Å². The number of likely N-dealkylation sites (N-methyl/N-ethyl adjacent to an activating group) is 1. The van der Waals surface area contributed by atoms with E-state index in [9.17, 15) is 0 Å². The number of hydrogen-bond acceptors (Lipinski definition) is 5. The summed E-state index contributed by atoms with van der Waals surface area (Å²) in [5, 5.41) is 8.34. The summed E-state index contributed by atoms with van der Waals surface area (Å²) in [7, 11) is 4.15. The number of nitrogens with one attached hydrogen (secondary N) is 1. The molecular weight excluding hydrogens is 278 g/mol. The topological polar surface area (TPSA) is 49.7 Å². The lowest BCUT2D eigenvalue weighted by Gasteiger charge is -2.06. The first kappa shape index (κ1) is 14.4. The molecule has 0 bridgehead atoms. The van der Waals surface area contributed by atoms with E-state index in [1.165, 1.54) is 0 Å². The van der Waals surface area contributed by atoms with Gasteiger partial charge in [-0.2, -0.15) is 5.10 Å². The van der Waals surface area contributed by atoms with Gasteiger partial charge in [0.2, 0.25) is 0 Å². The van der Waals surface area contributed by atoms with Crippen LogP contribution in [-0.2, 0) is 13.0 Å². The quantitative estimate of drug-likeness (QED) is 0.862. The summed E-state index contributed by atoms with van der Waals surface area (Å²) in [5.74, 6) is 0.901. The van der Waals surface area contributed by atoms with Crippen molar-refractivity contribution in [1.29, 1.82) is 0 Å². The van der Waals surface area contributed by atoms with Crippen molar-refractivity contribution in [2.45, 2.75) is 26.8 Å². The molecule has 0 amide bonds. The van der Waals surface area contributed by atoms with Crippen LogP contribution >= 0.6 is 23.6 Å². The summed E-state index contributed by atoms with van der Waals surface area (Å²) in [6, 6.07) is 0. The monoisotopic (exact) mass is 297 g/mol. The molecule has 2 aromatic heterocycles. The molecule has 0 saturated heterocycles. The van der Waals surface area contributed by atoms with Crippen LogP contribution < -0.4 is 0 Å². The molecule has 0 fully saturated rings. The molecule has 2 heterocycles. The van der Waals surface area contributed by atoms with Crippen LogP contribution in [0.15, 0.2) is 0 Å². The molecule has 104 valence electrons. The molecule has 1 N–H and O–H groups in total. The lowest BCUT2D eigenvalue weighted by atomic mass is 10.3. The van der Waals surface area contributed by atoms with Crippen LogP contribution in [0.3, 0.4) is 0 Å². The second-order valence-electron chi connectivity index (χ2n) is 4.67. The maximum atomic E-state index is 5.23. The summed E-state index contributed by atoms with van der Waals surface area (Å²) >= 11 is 6.94. The van der Waals surface area contributed by atoms with Crippen LogP contribution in [0, 0.1) is 11.7 Å². The minimum atomic E-state index is 0.667. The highest BCUT2D eigenvalue weighted by Crippen LogP contribution is 2.28. The van der Waals surface area contributed by atoms with Gasteiger partial charge in [-0.15, -0.1) is 11.3 Å². The van der Waals surface area contributed by atoms with Gasteiger partial charge in [-0.05, 0) is 40.2 Å². The van der Waals surface area contributed by atoms with Crippen LogP contribution in [0.2, 0.25) is 0 Å². The van der Waals surface area contributed by atoms with E-state index in [1.54, 1.807) is 11.3 Å². The van der Waals surface area contributed by atoms with Crippen molar-refractivity contribution in [2.75, 3.05) is 20.6 Å². The van der Waals surface area contributed by atoms with Crippen LogP contribution in [0.4, 0.5) is 0 Å². The summed E-state index contributed by atoms with van der Waals surface area (Å²) < 4.78 is 2.67. The smallest absolute Gasteiger partial charge is 0.195 e. The van der Waals surface area contributed by atoms with Crippen molar-refractivity contribution in [3.63, 3.8) is 0 Å². The Labute approximate surface area is 122 Å². The molecule has 0 radical (unpaired) electrons. The zero-order valence-electron chi connectivity index (χ0n) is 11.7. The van der Waals surface area contributed by atoms with Gasteiger partial charge in [0.05, 0.1) is 15.6 Å². The molecule has 7 heteroatoms. The highest BCUT2D eigenvalue weighted by Gasteiger charge is 2.15. The van der Waals surface area contributed by atoms with Crippen molar-refractivity contribution in [1.82, 2.24) is 24.6 Å². The number of rotatable bonds is 5. The average molecular weight is 297 g/mol. The van der Waals surface area contributed by atoms with E-state index in [4.69, 9.17) is 12.2 Å². The first-order chi connectivity index (χ1) is 9.02. The predicted molar refractivity (Wildman–Crippen MR) is 81.2 cm³/mol. The third kappa shape index (κ3) is 3.10. The predicted octanol–water partition coefficient (Wildman–Crippen LogP) is 2.50. The van der Waals surface area contributed by atoms with E-state index in [1.807, 2.05) is 11.5 Å². The normalized spacial score (nSPS) is 11.4. The van der Waals surface area contributed by atoms with Crippen LogP contribution in [0.25, 0.3) is 10.7 Å². The summed E-state index contributed by atoms with van der Waals surface area (Å²) in [4.78, 5) is 7.91. The molecule has 0 aliphatic heterocycles. The van der Waals surface area contributed by atoms with E-state index in [2.05, 4.69) is 41.1 Å². The Bertz CT molecular complexity index is 608. The maximum Gasteiger partial charge on any atom is 0.195 e. The van der Waals surface area contributed by atoms with Gasteiger partial charge in [-0.3, -0.25) is 9.67 Å². The number of H-pyrrole nitrogens is 1. The molecule has 0 atom stereocenters. The Balaban J connectivity index is 2.32. The fraction of sp³-hybridized carbons (Fsp3) is 0.583. The number of aryl methyl sites for hydroxylation is 1. The van der Waals surface area contributed by atoms with Gasteiger partial charge in [-0.1, -0.05) is 0 Å². The Morgan fingerprint density at radius 1 is 1.42 bits per heavy atom. The standard InChI is InChI=1S/C12H19N5S2/c1-5-17-11(14-15-12(17)18)10-8(2)13-9(19-10)6-7-16(3)4/h5-7H2,1-4H3,(H,15,18). The number of aromatic amines is 1. The van der Waals surface area contributed by atoms with Gasteiger partial charge in [0.15, 0.2) is 10.6 Å². The number of nitrogens with zero attached hydrogens (tertiary/aromatic N) is 4. The van der Waals surface area contributed by atoms with Crippen molar-refractivity contribution >= 4 is 23.6 Å². The van der Waals surface area contributed by atoms with E-state index >= 15 is 0 Å². The number of thiazole rings is 1. The van der Waals surface area contributed by atoms with Crippen molar-refractivity contribution in [3.05, 3.63) is 15.5 Å². The molecule has 0 saturated carbocycles. The first-order valence-corrected chi connectivity index (χ1v) is 7.52. The third-order valence-electron chi connectivity index (χ3n) is 2.89. The average Bonchev–Trinajstić information content (AvgIpc) is 2.89. The minimum absolute atomic E-state index is 0.667. The Hall–Kier alpha value is -1.05. The molecule has 0 unspecified atom stereocenters. The second kappa shape index (κ2) is 5.94. The minimum Gasteiger partial charge on any atom is -0.309 e. The molecule has 0 aliphatic carbocycles. The van der Waals surface area contributed by atoms with Crippen molar-refractivity contribution < 1.29 is 0 Å². The number of hydrogen-bond donors (Lipinski definition) is 1.